The molecule has 0 aliphatic carbocycles. The third kappa shape index (κ3) is 5.33. The molecule has 5 rings (SSSR count). The second-order valence-corrected chi connectivity index (χ2v) is 8.56. The Labute approximate surface area is 197 Å². The van der Waals surface area contributed by atoms with Gasteiger partial charge in [0.1, 0.15) is 11.6 Å². The number of hydrogen-bond donors (Lipinski definition) is 1. The molecule has 0 spiro atoms. The lowest BCUT2D eigenvalue weighted by Gasteiger charge is -2.20. The maximum atomic E-state index is 13.2. The van der Waals surface area contributed by atoms with Crippen LogP contribution in [0.2, 0.25) is 0 Å². The fraction of sp³-hybridized carbons (Fsp3) is 0.522. The van der Waals surface area contributed by atoms with Crippen LogP contribution >= 0.6 is 24.0 Å². The van der Waals surface area contributed by atoms with Gasteiger partial charge in [0.05, 0.1) is 5.69 Å². The van der Waals surface area contributed by atoms with Crippen LogP contribution in [0, 0.1) is 12.7 Å². The molecule has 1 aromatic carbocycles. The highest BCUT2D eigenvalue weighted by atomic mass is 35.5. The first-order chi connectivity index (χ1) is 15.1. The van der Waals surface area contributed by atoms with E-state index in [9.17, 15) is 9.18 Å². The van der Waals surface area contributed by atoms with Crippen LogP contribution < -0.4 is 10.9 Å². The summed E-state index contributed by atoms with van der Waals surface area (Å²) in [4.78, 5) is 16.6. The Hall–Kier alpha value is -1.96. The number of piperidine rings is 1. The van der Waals surface area contributed by atoms with E-state index in [1.165, 1.54) is 12.1 Å². The minimum absolute atomic E-state index is 0. The summed E-state index contributed by atoms with van der Waals surface area (Å²) >= 11 is 5.69. The van der Waals surface area contributed by atoms with E-state index < -0.39 is 0 Å². The fourth-order valence-electron chi connectivity index (χ4n) is 4.43. The molecule has 174 valence electrons. The average Bonchev–Trinajstić information content (AvgIpc) is 3.21. The van der Waals surface area contributed by atoms with Crippen molar-refractivity contribution in [3.05, 3.63) is 57.1 Å². The molecule has 0 atom stereocenters. The molecule has 1 N–H and O–H groups in total. The third-order valence-corrected chi connectivity index (χ3v) is 6.30. The summed E-state index contributed by atoms with van der Waals surface area (Å²) in [6, 6.07) is 4.56. The monoisotopic (exact) mass is 482 g/mol. The molecule has 3 aromatic rings. The Morgan fingerprint density at radius 3 is 2.81 bits per heavy atom. The van der Waals surface area contributed by atoms with Gasteiger partial charge < -0.3 is 9.84 Å². The highest BCUT2D eigenvalue weighted by molar-refractivity contribution is 6.18. The minimum atomic E-state index is -0.231. The van der Waals surface area contributed by atoms with Crippen LogP contribution in [0.1, 0.15) is 54.4 Å². The Bertz CT molecular complexity index is 1110. The van der Waals surface area contributed by atoms with Crippen molar-refractivity contribution in [1.29, 1.82) is 0 Å². The molecule has 2 aromatic heterocycles. The molecule has 0 radical (unpaired) electrons. The van der Waals surface area contributed by atoms with Crippen molar-refractivity contribution in [3.8, 4) is 0 Å². The van der Waals surface area contributed by atoms with Crippen LogP contribution in [0.5, 0.6) is 0 Å². The number of aromatic nitrogens is 3. The van der Waals surface area contributed by atoms with E-state index in [2.05, 4.69) is 15.5 Å². The Morgan fingerprint density at radius 1 is 1.28 bits per heavy atom. The van der Waals surface area contributed by atoms with Gasteiger partial charge in [0, 0.05) is 41.4 Å². The van der Waals surface area contributed by atoms with E-state index in [0.717, 1.165) is 79.9 Å². The van der Waals surface area contributed by atoms with Crippen molar-refractivity contribution in [3.63, 3.8) is 0 Å². The predicted molar refractivity (Wildman–Crippen MR) is 127 cm³/mol. The first-order valence-electron chi connectivity index (χ1n) is 11.0. The summed E-state index contributed by atoms with van der Waals surface area (Å²) in [5, 5.41) is 8.22. The van der Waals surface area contributed by atoms with Crippen molar-refractivity contribution in [1.82, 2.24) is 20.0 Å². The van der Waals surface area contributed by atoms with Gasteiger partial charge in [-0.05, 0) is 70.3 Å². The van der Waals surface area contributed by atoms with Gasteiger partial charge in [-0.3, -0.25) is 9.36 Å². The van der Waals surface area contributed by atoms with Gasteiger partial charge in [0.15, 0.2) is 5.58 Å². The first kappa shape index (κ1) is 24.7. The molecule has 0 amide bonds. The molecule has 32 heavy (non-hydrogen) atoms. The molecular formula is C23H29Cl2FN4O2. The summed E-state index contributed by atoms with van der Waals surface area (Å²) in [5.41, 5.74) is 3.35. The van der Waals surface area contributed by atoms with E-state index in [1.54, 1.807) is 6.07 Å². The number of benzene rings is 1. The summed E-state index contributed by atoms with van der Waals surface area (Å²) in [6.45, 7) is 4.71. The van der Waals surface area contributed by atoms with Crippen molar-refractivity contribution < 1.29 is 8.91 Å². The molecule has 4 heterocycles. The smallest absolute Gasteiger partial charge is 0.256 e. The molecular weight excluding hydrogens is 454 g/mol. The van der Waals surface area contributed by atoms with E-state index in [-0.39, 0.29) is 23.8 Å². The van der Waals surface area contributed by atoms with Gasteiger partial charge in [0.2, 0.25) is 0 Å². The lowest BCUT2D eigenvalue weighted by Crippen LogP contribution is -2.32. The number of hydrogen-bond acceptors (Lipinski definition) is 5. The van der Waals surface area contributed by atoms with E-state index in [0.29, 0.717) is 23.8 Å². The third-order valence-electron chi connectivity index (χ3n) is 6.11. The van der Waals surface area contributed by atoms with E-state index in [1.807, 2.05) is 11.5 Å². The van der Waals surface area contributed by atoms with Gasteiger partial charge in [-0.25, -0.2) is 9.37 Å². The van der Waals surface area contributed by atoms with Crippen LogP contribution in [-0.4, -0.2) is 33.7 Å². The van der Waals surface area contributed by atoms with Gasteiger partial charge in [-0.1, -0.05) is 5.16 Å². The maximum absolute atomic E-state index is 13.2. The first-order valence-corrected chi connectivity index (χ1v) is 11.5. The lowest BCUT2D eigenvalue weighted by atomic mass is 9.93. The normalized spacial score (nSPS) is 16.1. The SMILES string of the molecule is Cc1nc2n(c(=O)c1CCCl)CCCC2.Cl.Fc1ccc2onc(C3CCNCC3)c2c1. The van der Waals surface area contributed by atoms with Crippen LogP contribution in [0.25, 0.3) is 11.0 Å². The Kier molecular flexibility index (Phi) is 8.68. The Morgan fingerprint density at radius 2 is 2.06 bits per heavy atom. The van der Waals surface area contributed by atoms with Gasteiger partial charge in [-0.15, -0.1) is 24.0 Å². The summed E-state index contributed by atoms with van der Waals surface area (Å²) in [7, 11) is 0. The maximum Gasteiger partial charge on any atom is 0.256 e. The highest BCUT2D eigenvalue weighted by Gasteiger charge is 2.21. The molecule has 2 aliphatic heterocycles. The van der Waals surface area contributed by atoms with E-state index in [4.69, 9.17) is 16.1 Å². The van der Waals surface area contributed by atoms with Crippen molar-refractivity contribution in [2.45, 2.75) is 57.9 Å². The number of nitrogens with one attached hydrogen (secondary N) is 1. The highest BCUT2D eigenvalue weighted by Crippen LogP contribution is 2.30. The number of nitrogens with zero attached hydrogens (tertiary/aromatic N) is 3. The standard InChI is InChI=1S/C12H13FN2O.C11H15ClN2O.ClH/c13-9-1-2-11-10(7-9)12(15-16-11)8-3-5-14-6-4-8;1-8-9(5-6-12)11(15)14-7-3-2-4-10(14)13-8;/h1-2,7-8,14H,3-6H2;2-7H2,1H3;1H. The Balaban J connectivity index is 0.000000176. The number of aryl methyl sites for hydroxylation is 2. The topological polar surface area (TPSA) is 73.0 Å². The van der Waals surface area contributed by atoms with Crippen LogP contribution in [0.15, 0.2) is 27.5 Å². The molecule has 1 fully saturated rings. The lowest BCUT2D eigenvalue weighted by molar-refractivity contribution is 0.404. The molecule has 9 heteroatoms. The minimum Gasteiger partial charge on any atom is -0.356 e. The fourth-order valence-corrected chi connectivity index (χ4v) is 4.62. The van der Waals surface area contributed by atoms with Crippen molar-refractivity contribution in [2.75, 3.05) is 19.0 Å². The van der Waals surface area contributed by atoms with Gasteiger partial charge in [-0.2, -0.15) is 0 Å². The van der Waals surface area contributed by atoms with Crippen molar-refractivity contribution in [2.24, 2.45) is 0 Å². The van der Waals surface area contributed by atoms with Crippen molar-refractivity contribution >= 4 is 35.0 Å². The van der Waals surface area contributed by atoms with Crippen LogP contribution in [0.4, 0.5) is 4.39 Å². The number of fused-ring (bicyclic) bond motifs is 2. The predicted octanol–water partition coefficient (Wildman–Crippen LogP) is 4.53. The molecule has 0 unspecified atom stereocenters. The van der Waals surface area contributed by atoms with E-state index >= 15 is 0 Å². The molecule has 0 saturated carbocycles. The second-order valence-electron chi connectivity index (χ2n) is 8.18. The molecule has 2 aliphatic rings. The van der Waals surface area contributed by atoms with Crippen LogP contribution in [0.3, 0.4) is 0 Å². The number of alkyl halides is 1. The summed E-state index contributed by atoms with van der Waals surface area (Å²) in [5.74, 6) is 1.59. The molecule has 1 saturated heterocycles. The quantitative estimate of drug-likeness (QED) is 0.555. The zero-order valence-electron chi connectivity index (χ0n) is 18.2. The summed E-state index contributed by atoms with van der Waals surface area (Å²) in [6.07, 6.45) is 5.85. The van der Waals surface area contributed by atoms with Gasteiger partial charge >= 0.3 is 0 Å². The number of rotatable bonds is 3. The largest absolute Gasteiger partial charge is 0.356 e. The zero-order chi connectivity index (χ0) is 21.8. The second kappa shape index (κ2) is 11.3. The van der Waals surface area contributed by atoms with Gasteiger partial charge in [0.25, 0.3) is 5.56 Å². The van der Waals surface area contributed by atoms with Crippen LogP contribution in [-0.2, 0) is 19.4 Å². The molecule has 0 bridgehead atoms. The summed E-state index contributed by atoms with van der Waals surface area (Å²) < 4.78 is 20.2. The zero-order valence-corrected chi connectivity index (χ0v) is 19.8. The number of halogens is 3. The average molecular weight is 483 g/mol. The molecule has 6 nitrogen and oxygen atoms in total.